The average Bonchev–Trinajstić information content (AvgIpc) is 2.43. The van der Waals surface area contributed by atoms with E-state index in [0.29, 0.717) is 6.42 Å². The molecule has 0 saturated carbocycles. The molecule has 1 heterocycles. The van der Waals surface area contributed by atoms with Gasteiger partial charge in [0.2, 0.25) is 11.9 Å². The fourth-order valence-corrected chi connectivity index (χ4v) is 3.61. The lowest BCUT2D eigenvalue weighted by molar-refractivity contribution is -0.644. The first kappa shape index (κ1) is 15.9. The summed E-state index contributed by atoms with van der Waals surface area (Å²) in [6.07, 6.45) is 2.28. The lowest BCUT2D eigenvalue weighted by Crippen LogP contribution is -2.50. The molecule has 0 aliphatic rings. The van der Waals surface area contributed by atoms with E-state index in [1.807, 2.05) is 19.1 Å². The average molecular weight is 347 g/mol. The predicted molar refractivity (Wildman–Crippen MR) is 83.4 cm³/mol. The summed E-state index contributed by atoms with van der Waals surface area (Å²) < 4.78 is 26.3. The van der Waals surface area contributed by atoms with Crippen molar-refractivity contribution in [3.8, 4) is 0 Å². The van der Waals surface area contributed by atoms with Crippen LogP contribution in [-0.4, -0.2) is 8.42 Å². The second-order valence-electron chi connectivity index (χ2n) is 4.31. The second kappa shape index (κ2) is 6.09. The van der Waals surface area contributed by atoms with Crippen LogP contribution in [0, 0.1) is 0 Å². The van der Waals surface area contributed by atoms with Gasteiger partial charge in [0.1, 0.15) is 4.90 Å². The number of benzene rings is 1. The molecule has 8 heteroatoms. The molecule has 0 atom stereocenters. The van der Waals surface area contributed by atoms with Gasteiger partial charge in [-0.15, -0.1) is 0 Å². The molecule has 3 N–H and O–H groups in total. The number of nitrogens with zero attached hydrogens (tertiary/aromatic N) is 1. The molecule has 5 nitrogen and oxygen atoms in total. The van der Waals surface area contributed by atoms with Crippen molar-refractivity contribution in [1.82, 2.24) is 0 Å². The Bertz CT molecular complexity index is 779. The van der Waals surface area contributed by atoms with Gasteiger partial charge in [-0.1, -0.05) is 39.6 Å². The van der Waals surface area contributed by atoms with E-state index in [0.717, 1.165) is 5.69 Å². The summed E-state index contributed by atoms with van der Waals surface area (Å²) in [7, 11) is -3.87. The van der Waals surface area contributed by atoms with Crippen LogP contribution in [0.1, 0.15) is 12.6 Å². The molecule has 0 spiro atoms. The number of nitrogen functional groups attached to an aromatic ring is 1. The molecular weight excluding hydrogens is 333 g/mol. The molecule has 0 amide bonds. The van der Waals surface area contributed by atoms with Crippen LogP contribution in [0.5, 0.6) is 0 Å². The monoisotopic (exact) mass is 346 g/mol. The molecule has 1 aromatic carbocycles. The van der Waals surface area contributed by atoms with E-state index in [4.69, 9.17) is 28.9 Å². The summed E-state index contributed by atoms with van der Waals surface area (Å²) >= 11 is 11.8. The van der Waals surface area contributed by atoms with Crippen molar-refractivity contribution in [1.29, 1.82) is 0 Å². The first-order chi connectivity index (χ1) is 9.85. The van der Waals surface area contributed by atoms with Gasteiger partial charge in [0.15, 0.2) is 0 Å². The van der Waals surface area contributed by atoms with E-state index in [1.54, 1.807) is 12.3 Å². The summed E-state index contributed by atoms with van der Waals surface area (Å²) in [5.74, 6) is 0. The van der Waals surface area contributed by atoms with E-state index in [-0.39, 0.29) is 20.6 Å². The number of anilines is 1. The highest BCUT2D eigenvalue weighted by Crippen LogP contribution is 2.29. The van der Waals surface area contributed by atoms with Crippen LogP contribution in [0.3, 0.4) is 0 Å². The Labute approximate surface area is 133 Å². The van der Waals surface area contributed by atoms with E-state index in [9.17, 15) is 8.42 Å². The molecular formula is C13H14Cl2N3O2S+. The molecule has 0 aliphatic carbocycles. The van der Waals surface area contributed by atoms with Gasteiger partial charge in [0.25, 0.3) is 0 Å². The summed E-state index contributed by atoms with van der Waals surface area (Å²) in [6.45, 7) is 1.92. The normalized spacial score (nSPS) is 11.4. The van der Waals surface area contributed by atoms with Gasteiger partial charge in [-0.2, -0.15) is 8.42 Å². The Balaban J connectivity index is 2.46. The topological polar surface area (TPSA) is 76.1 Å². The quantitative estimate of drug-likeness (QED) is 0.659. The largest absolute Gasteiger partial charge is 0.397 e. The SMILES string of the molecule is CCc1cccc[n+]1NS(=O)(=O)c1cc(Cl)c(N)cc1Cl. The van der Waals surface area contributed by atoms with Crippen LogP contribution in [0.4, 0.5) is 5.69 Å². The van der Waals surface area contributed by atoms with Crippen LogP contribution in [0.2, 0.25) is 10.0 Å². The van der Waals surface area contributed by atoms with E-state index >= 15 is 0 Å². The van der Waals surface area contributed by atoms with Gasteiger partial charge < -0.3 is 5.73 Å². The second-order valence-corrected chi connectivity index (χ2v) is 6.76. The van der Waals surface area contributed by atoms with Crippen molar-refractivity contribution < 1.29 is 13.1 Å². The van der Waals surface area contributed by atoms with E-state index < -0.39 is 10.0 Å². The summed E-state index contributed by atoms with van der Waals surface area (Å²) in [6, 6.07) is 7.92. The number of pyridine rings is 1. The third kappa shape index (κ3) is 3.40. The number of sulfonamides is 1. The number of hydrogen-bond acceptors (Lipinski definition) is 3. The molecule has 112 valence electrons. The van der Waals surface area contributed by atoms with Crippen molar-refractivity contribution in [3.05, 3.63) is 52.3 Å². The number of aryl methyl sites for hydroxylation is 1. The fraction of sp³-hybridized carbons (Fsp3) is 0.154. The zero-order valence-corrected chi connectivity index (χ0v) is 13.5. The van der Waals surface area contributed by atoms with Gasteiger partial charge in [-0.25, -0.2) is 0 Å². The van der Waals surface area contributed by atoms with Crippen molar-refractivity contribution in [3.63, 3.8) is 0 Å². The molecule has 0 saturated heterocycles. The lowest BCUT2D eigenvalue weighted by atomic mass is 10.3. The van der Waals surface area contributed by atoms with Crippen molar-refractivity contribution in [2.45, 2.75) is 18.2 Å². The zero-order chi connectivity index (χ0) is 15.6. The molecule has 0 unspecified atom stereocenters. The van der Waals surface area contributed by atoms with Gasteiger partial charge in [0, 0.05) is 18.6 Å². The highest BCUT2D eigenvalue weighted by Gasteiger charge is 2.24. The Kier molecular flexibility index (Phi) is 4.61. The van der Waals surface area contributed by atoms with Crippen LogP contribution < -0.4 is 15.2 Å². The van der Waals surface area contributed by atoms with Gasteiger partial charge in [-0.05, 0) is 18.2 Å². The van der Waals surface area contributed by atoms with Gasteiger partial charge in [-0.3, -0.25) is 0 Å². The smallest absolute Gasteiger partial charge is 0.308 e. The van der Waals surface area contributed by atoms with Crippen LogP contribution in [-0.2, 0) is 16.4 Å². The first-order valence-electron chi connectivity index (χ1n) is 6.12. The van der Waals surface area contributed by atoms with Crippen LogP contribution in [0.25, 0.3) is 0 Å². The van der Waals surface area contributed by atoms with Crippen LogP contribution in [0.15, 0.2) is 41.4 Å². The molecule has 0 fully saturated rings. The standard InChI is InChI=1S/C13H14Cl2N3O2S/c1-2-9-5-3-4-6-18(9)17-21(19,20)13-8-10(14)12(16)7-11(13)15/h3-8,17H,2,16H2,1H3/q+1. The number of halogens is 2. The number of hydrogen-bond donors (Lipinski definition) is 2. The Morgan fingerprint density at radius 1 is 1.24 bits per heavy atom. The van der Waals surface area contributed by atoms with E-state index in [2.05, 4.69) is 4.83 Å². The van der Waals surface area contributed by atoms with Crippen molar-refractivity contribution in [2.24, 2.45) is 0 Å². The number of nitrogens with one attached hydrogen (secondary N) is 1. The highest BCUT2D eigenvalue weighted by atomic mass is 35.5. The van der Waals surface area contributed by atoms with E-state index in [1.165, 1.54) is 16.8 Å². The summed E-state index contributed by atoms with van der Waals surface area (Å²) in [4.78, 5) is 2.32. The Hall–Kier alpha value is -1.50. The first-order valence-corrected chi connectivity index (χ1v) is 8.36. The molecule has 1 aromatic heterocycles. The maximum atomic E-state index is 12.4. The molecule has 2 aromatic rings. The summed E-state index contributed by atoms with van der Waals surface area (Å²) in [5, 5.41) is 0.146. The summed E-state index contributed by atoms with van der Waals surface area (Å²) in [5.41, 5.74) is 6.62. The number of aromatic nitrogens is 1. The third-order valence-corrected chi connectivity index (χ3v) is 4.97. The number of nitrogens with two attached hydrogens (primary N) is 1. The minimum atomic E-state index is -3.87. The third-order valence-electron chi connectivity index (χ3n) is 2.87. The maximum absolute atomic E-state index is 12.4. The predicted octanol–water partition coefficient (Wildman–Crippen LogP) is 2.36. The molecule has 2 rings (SSSR count). The molecule has 0 aliphatic heterocycles. The Morgan fingerprint density at radius 2 is 1.95 bits per heavy atom. The zero-order valence-electron chi connectivity index (χ0n) is 11.2. The fourth-order valence-electron chi connectivity index (χ4n) is 1.78. The molecule has 21 heavy (non-hydrogen) atoms. The van der Waals surface area contributed by atoms with Gasteiger partial charge >= 0.3 is 10.0 Å². The molecule has 0 bridgehead atoms. The number of rotatable bonds is 4. The Morgan fingerprint density at radius 3 is 2.62 bits per heavy atom. The van der Waals surface area contributed by atoms with Gasteiger partial charge in [0.05, 0.1) is 15.7 Å². The van der Waals surface area contributed by atoms with Crippen LogP contribution >= 0.6 is 23.2 Å². The highest BCUT2D eigenvalue weighted by molar-refractivity contribution is 7.92. The lowest BCUT2D eigenvalue weighted by Gasteiger charge is -2.08. The minimum absolute atomic E-state index is 0.0129. The van der Waals surface area contributed by atoms with Crippen molar-refractivity contribution >= 4 is 38.9 Å². The van der Waals surface area contributed by atoms with Crippen molar-refractivity contribution in [2.75, 3.05) is 10.6 Å². The maximum Gasteiger partial charge on any atom is 0.308 e. The minimum Gasteiger partial charge on any atom is -0.397 e. The molecule has 0 radical (unpaired) electrons.